The van der Waals surface area contributed by atoms with Crippen LogP contribution in [0.2, 0.25) is 0 Å². The predicted molar refractivity (Wildman–Crippen MR) is 78.9 cm³/mol. The van der Waals surface area contributed by atoms with Crippen molar-refractivity contribution in [3.63, 3.8) is 0 Å². The lowest BCUT2D eigenvalue weighted by Gasteiger charge is -2.27. The van der Waals surface area contributed by atoms with Gasteiger partial charge in [0, 0.05) is 24.0 Å². The zero-order valence-corrected chi connectivity index (χ0v) is 12.0. The van der Waals surface area contributed by atoms with Gasteiger partial charge >= 0.3 is 0 Å². The van der Waals surface area contributed by atoms with Crippen molar-refractivity contribution in [2.45, 2.75) is 25.4 Å². The van der Waals surface area contributed by atoms with Crippen molar-refractivity contribution in [2.24, 2.45) is 0 Å². The van der Waals surface area contributed by atoms with Gasteiger partial charge in [-0.3, -0.25) is 9.59 Å². The van der Waals surface area contributed by atoms with E-state index in [1.54, 1.807) is 42.4 Å². The number of nitrogens with zero attached hydrogens (tertiary/aromatic N) is 2. The molecule has 0 spiro atoms. The van der Waals surface area contributed by atoms with Gasteiger partial charge in [0.05, 0.1) is 11.6 Å². The Bertz CT molecular complexity index is 706. The molecule has 2 atom stereocenters. The van der Waals surface area contributed by atoms with Crippen LogP contribution < -0.4 is 16.1 Å². The number of allylic oxidation sites excluding steroid dienone is 1. The molecule has 3 rings (SSSR count). The molecule has 2 aliphatic rings. The van der Waals surface area contributed by atoms with E-state index in [1.165, 1.54) is 0 Å². The molecule has 2 aliphatic heterocycles. The fourth-order valence-corrected chi connectivity index (χ4v) is 2.60. The van der Waals surface area contributed by atoms with Gasteiger partial charge in [0.15, 0.2) is 0 Å². The molecule has 2 amide bonds. The molecule has 0 saturated carbocycles. The molecule has 0 bridgehead atoms. The number of hydrogen-bond acceptors (Lipinski definition) is 5. The second kappa shape index (κ2) is 5.50. The molecule has 1 aromatic carbocycles. The quantitative estimate of drug-likeness (QED) is 0.736. The lowest BCUT2D eigenvalue weighted by Crippen LogP contribution is -2.48. The van der Waals surface area contributed by atoms with Crippen LogP contribution in [0, 0.1) is 11.3 Å². The summed E-state index contributed by atoms with van der Waals surface area (Å²) in [5.74, 6) is -0.349. The number of benzene rings is 1. The summed E-state index contributed by atoms with van der Waals surface area (Å²) >= 11 is 0. The summed E-state index contributed by atoms with van der Waals surface area (Å²) < 4.78 is 0. The third-order valence-corrected chi connectivity index (χ3v) is 3.63. The van der Waals surface area contributed by atoms with E-state index in [1.807, 2.05) is 6.07 Å². The lowest BCUT2D eigenvalue weighted by molar-refractivity contribution is -0.125. The largest absolute Gasteiger partial charge is 0.327 e. The first-order chi connectivity index (χ1) is 10.6. The fraction of sp³-hybridized carbons (Fsp3) is 0.267. The van der Waals surface area contributed by atoms with Gasteiger partial charge in [0.25, 0.3) is 0 Å². The second-order valence-electron chi connectivity index (χ2n) is 5.32. The van der Waals surface area contributed by atoms with Crippen LogP contribution in [0.3, 0.4) is 0 Å². The van der Waals surface area contributed by atoms with Gasteiger partial charge in [-0.15, -0.1) is 0 Å². The van der Waals surface area contributed by atoms with Crippen LogP contribution in [0.4, 0.5) is 5.69 Å². The van der Waals surface area contributed by atoms with Gasteiger partial charge in [0.1, 0.15) is 12.1 Å². The summed E-state index contributed by atoms with van der Waals surface area (Å²) in [5, 5.41) is 16.1. The maximum atomic E-state index is 12.3. The van der Waals surface area contributed by atoms with Gasteiger partial charge in [0.2, 0.25) is 11.8 Å². The maximum absolute atomic E-state index is 12.3. The summed E-state index contributed by atoms with van der Waals surface area (Å²) in [5.41, 5.74) is 4.80. The van der Waals surface area contributed by atoms with E-state index >= 15 is 0 Å². The Morgan fingerprint density at radius 1 is 1.50 bits per heavy atom. The minimum Gasteiger partial charge on any atom is -0.327 e. The summed E-state index contributed by atoms with van der Waals surface area (Å²) in [7, 11) is 0. The van der Waals surface area contributed by atoms with Crippen molar-refractivity contribution in [1.29, 1.82) is 5.26 Å². The zero-order chi connectivity index (χ0) is 15.7. The number of nitrogens with one attached hydrogen (secondary N) is 3. The van der Waals surface area contributed by atoms with Crippen molar-refractivity contribution < 1.29 is 9.59 Å². The topological polar surface area (TPSA) is 97.3 Å². The molecular formula is C15H15N5O2. The summed E-state index contributed by atoms with van der Waals surface area (Å²) in [6.45, 7) is 1.79. The molecule has 112 valence electrons. The van der Waals surface area contributed by atoms with Gasteiger partial charge in [-0.05, 0) is 25.1 Å². The number of amides is 2. The summed E-state index contributed by atoms with van der Waals surface area (Å²) in [4.78, 5) is 24.2. The SMILES string of the molecule is CC1=CN2NC(C(=O)Nc3cccc(C#N)c3)CC2C(=O)N1. The molecule has 7 nitrogen and oxygen atoms in total. The minimum atomic E-state index is -0.497. The maximum Gasteiger partial charge on any atom is 0.248 e. The van der Waals surface area contributed by atoms with E-state index in [9.17, 15) is 9.59 Å². The first-order valence-electron chi connectivity index (χ1n) is 6.91. The Morgan fingerprint density at radius 2 is 2.32 bits per heavy atom. The molecule has 22 heavy (non-hydrogen) atoms. The molecule has 0 aliphatic carbocycles. The van der Waals surface area contributed by atoms with Gasteiger partial charge in [-0.1, -0.05) is 6.07 Å². The van der Waals surface area contributed by atoms with E-state index in [2.05, 4.69) is 16.1 Å². The molecule has 3 N–H and O–H groups in total. The number of hydrazine groups is 1. The summed E-state index contributed by atoms with van der Waals surface area (Å²) in [6, 6.07) is 7.85. The highest BCUT2D eigenvalue weighted by Gasteiger charge is 2.40. The number of carbonyl (C=O) groups is 2. The molecule has 0 radical (unpaired) electrons. The van der Waals surface area contributed by atoms with E-state index in [0.29, 0.717) is 17.7 Å². The highest BCUT2D eigenvalue weighted by Crippen LogP contribution is 2.21. The third kappa shape index (κ3) is 2.64. The Morgan fingerprint density at radius 3 is 3.09 bits per heavy atom. The first kappa shape index (κ1) is 14.1. The smallest absolute Gasteiger partial charge is 0.248 e. The number of fused-ring (bicyclic) bond motifs is 1. The van der Waals surface area contributed by atoms with Crippen molar-refractivity contribution in [2.75, 3.05) is 5.32 Å². The van der Waals surface area contributed by atoms with Gasteiger partial charge < -0.3 is 15.6 Å². The lowest BCUT2D eigenvalue weighted by atomic mass is 10.1. The van der Waals surface area contributed by atoms with Crippen LogP contribution in [0.5, 0.6) is 0 Å². The van der Waals surface area contributed by atoms with Crippen molar-refractivity contribution in [3.8, 4) is 6.07 Å². The van der Waals surface area contributed by atoms with E-state index in [4.69, 9.17) is 5.26 Å². The Kier molecular flexibility index (Phi) is 3.53. The van der Waals surface area contributed by atoms with Gasteiger partial charge in [-0.25, -0.2) is 5.43 Å². The third-order valence-electron chi connectivity index (χ3n) is 3.63. The van der Waals surface area contributed by atoms with E-state index in [0.717, 1.165) is 5.70 Å². The van der Waals surface area contributed by atoms with E-state index in [-0.39, 0.29) is 17.9 Å². The van der Waals surface area contributed by atoms with Gasteiger partial charge in [-0.2, -0.15) is 5.26 Å². The van der Waals surface area contributed by atoms with Crippen LogP contribution in [-0.4, -0.2) is 28.9 Å². The van der Waals surface area contributed by atoms with Crippen LogP contribution in [-0.2, 0) is 9.59 Å². The number of nitriles is 1. The Labute approximate surface area is 127 Å². The van der Waals surface area contributed by atoms with Crippen LogP contribution in [0.15, 0.2) is 36.2 Å². The van der Waals surface area contributed by atoms with Crippen molar-refractivity contribution in [1.82, 2.24) is 15.8 Å². The number of anilines is 1. The zero-order valence-electron chi connectivity index (χ0n) is 12.0. The average Bonchev–Trinajstić information content (AvgIpc) is 2.92. The highest BCUT2D eigenvalue weighted by atomic mass is 16.2. The molecule has 1 saturated heterocycles. The van der Waals surface area contributed by atoms with Crippen LogP contribution in [0.25, 0.3) is 0 Å². The van der Waals surface area contributed by atoms with E-state index < -0.39 is 6.04 Å². The minimum absolute atomic E-state index is 0.116. The first-order valence-corrected chi connectivity index (χ1v) is 6.91. The Hall–Kier alpha value is -2.85. The van der Waals surface area contributed by atoms with Crippen LogP contribution >= 0.6 is 0 Å². The number of carbonyl (C=O) groups excluding carboxylic acids is 2. The van der Waals surface area contributed by atoms with Crippen molar-refractivity contribution >= 4 is 17.5 Å². The molecule has 2 unspecified atom stereocenters. The molecule has 1 fully saturated rings. The molecular weight excluding hydrogens is 282 g/mol. The molecule has 1 aromatic rings. The highest BCUT2D eigenvalue weighted by molar-refractivity contribution is 5.96. The standard InChI is InChI=1S/C15H15N5O2/c1-9-8-20-13(15(22)17-9)6-12(19-20)14(21)18-11-4-2-3-10(5-11)7-16/h2-5,8,12-13,19H,6H2,1H3,(H,17,22)(H,18,21). The predicted octanol–water partition coefficient (Wildman–Crippen LogP) is 0.435. The average molecular weight is 297 g/mol. The van der Waals surface area contributed by atoms with Crippen molar-refractivity contribution in [3.05, 3.63) is 41.7 Å². The number of hydrogen-bond donors (Lipinski definition) is 3. The normalized spacial score (nSPS) is 23.2. The van der Waals surface area contributed by atoms with Crippen LogP contribution in [0.1, 0.15) is 18.9 Å². The fourth-order valence-electron chi connectivity index (χ4n) is 2.60. The second-order valence-corrected chi connectivity index (χ2v) is 5.32. The number of rotatable bonds is 2. The monoisotopic (exact) mass is 297 g/mol. The summed E-state index contributed by atoms with van der Waals surface area (Å²) in [6.07, 6.45) is 2.16. The molecule has 0 aromatic heterocycles. The molecule has 2 heterocycles. The molecule has 7 heteroatoms. The Balaban J connectivity index is 1.69.